The van der Waals surface area contributed by atoms with Crippen molar-refractivity contribution in [3.05, 3.63) is 0 Å². The van der Waals surface area contributed by atoms with Crippen LogP contribution in [-0.4, -0.2) is 31.4 Å². The zero-order valence-corrected chi connectivity index (χ0v) is 9.14. The van der Waals surface area contributed by atoms with Gasteiger partial charge >= 0.3 is 0 Å². The first-order valence-electron chi connectivity index (χ1n) is 5.32. The SMILES string of the molecule is CC1(C(=O)NCCCC(N)=O)CCNC1. The Balaban J connectivity index is 2.21. The van der Waals surface area contributed by atoms with Gasteiger partial charge in [-0.25, -0.2) is 0 Å². The molecule has 5 heteroatoms. The van der Waals surface area contributed by atoms with Crippen LogP contribution in [0.3, 0.4) is 0 Å². The van der Waals surface area contributed by atoms with Crippen LogP contribution in [0.1, 0.15) is 26.2 Å². The number of hydrogen-bond donors (Lipinski definition) is 3. The normalized spacial score (nSPS) is 25.1. The molecule has 1 heterocycles. The van der Waals surface area contributed by atoms with Crippen molar-refractivity contribution < 1.29 is 9.59 Å². The molecule has 1 saturated heterocycles. The Kier molecular flexibility index (Phi) is 4.08. The van der Waals surface area contributed by atoms with E-state index in [4.69, 9.17) is 5.73 Å². The molecule has 0 saturated carbocycles. The summed E-state index contributed by atoms with van der Waals surface area (Å²) in [5.74, 6) is -0.255. The average molecular weight is 213 g/mol. The van der Waals surface area contributed by atoms with Gasteiger partial charge in [0.25, 0.3) is 0 Å². The third-order valence-corrected chi connectivity index (χ3v) is 2.80. The van der Waals surface area contributed by atoms with Crippen molar-refractivity contribution in [2.75, 3.05) is 19.6 Å². The van der Waals surface area contributed by atoms with Gasteiger partial charge in [0, 0.05) is 19.5 Å². The Morgan fingerprint density at radius 1 is 1.53 bits per heavy atom. The van der Waals surface area contributed by atoms with Gasteiger partial charge < -0.3 is 16.4 Å². The average Bonchev–Trinajstić information content (AvgIpc) is 2.60. The third kappa shape index (κ3) is 3.51. The number of nitrogens with one attached hydrogen (secondary N) is 2. The van der Waals surface area contributed by atoms with Gasteiger partial charge in [0.05, 0.1) is 5.41 Å². The van der Waals surface area contributed by atoms with Gasteiger partial charge in [0.15, 0.2) is 0 Å². The van der Waals surface area contributed by atoms with E-state index in [1.165, 1.54) is 0 Å². The summed E-state index contributed by atoms with van der Waals surface area (Å²) in [5.41, 5.74) is 4.71. The number of nitrogens with two attached hydrogens (primary N) is 1. The minimum atomic E-state index is -0.321. The monoisotopic (exact) mass is 213 g/mol. The number of carbonyl (C=O) groups excluding carboxylic acids is 2. The van der Waals surface area contributed by atoms with E-state index in [1.807, 2.05) is 6.92 Å². The third-order valence-electron chi connectivity index (χ3n) is 2.80. The lowest BCUT2D eigenvalue weighted by Crippen LogP contribution is -2.40. The van der Waals surface area contributed by atoms with Gasteiger partial charge in [-0.1, -0.05) is 0 Å². The van der Waals surface area contributed by atoms with E-state index in [0.717, 1.165) is 19.5 Å². The lowest BCUT2D eigenvalue weighted by molar-refractivity contribution is -0.129. The predicted octanol–water partition coefficient (Wildman–Crippen LogP) is -0.632. The Morgan fingerprint density at radius 2 is 2.27 bits per heavy atom. The highest BCUT2D eigenvalue weighted by Crippen LogP contribution is 2.24. The molecule has 1 rings (SSSR count). The van der Waals surface area contributed by atoms with Crippen LogP contribution < -0.4 is 16.4 Å². The minimum Gasteiger partial charge on any atom is -0.370 e. The summed E-state index contributed by atoms with van der Waals surface area (Å²) in [4.78, 5) is 22.2. The summed E-state index contributed by atoms with van der Waals surface area (Å²) < 4.78 is 0. The number of primary amides is 1. The summed E-state index contributed by atoms with van der Waals surface area (Å²) in [6.07, 6.45) is 1.81. The highest BCUT2D eigenvalue weighted by molar-refractivity contribution is 5.82. The number of rotatable bonds is 5. The topological polar surface area (TPSA) is 84.2 Å². The molecular weight excluding hydrogens is 194 g/mol. The van der Waals surface area contributed by atoms with E-state index in [2.05, 4.69) is 10.6 Å². The van der Waals surface area contributed by atoms with E-state index in [0.29, 0.717) is 19.4 Å². The van der Waals surface area contributed by atoms with E-state index < -0.39 is 0 Å². The van der Waals surface area contributed by atoms with Crippen LogP contribution in [-0.2, 0) is 9.59 Å². The second kappa shape index (κ2) is 5.11. The van der Waals surface area contributed by atoms with Gasteiger partial charge in [-0.05, 0) is 26.3 Å². The summed E-state index contributed by atoms with van der Waals surface area (Å²) in [6, 6.07) is 0. The molecule has 1 aliphatic rings. The molecule has 0 aromatic carbocycles. The second-order valence-corrected chi connectivity index (χ2v) is 4.31. The first kappa shape index (κ1) is 12.0. The van der Waals surface area contributed by atoms with Crippen molar-refractivity contribution in [3.8, 4) is 0 Å². The largest absolute Gasteiger partial charge is 0.370 e. The smallest absolute Gasteiger partial charge is 0.227 e. The molecule has 0 aliphatic carbocycles. The maximum absolute atomic E-state index is 11.7. The molecule has 1 unspecified atom stereocenters. The predicted molar refractivity (Wildman–Crippen MR) is 57.0 cm³/mol. The van der Waals surface area contributed by atoms with Crippen LogP contribution in [0.25, 0.3) is 0 Å². The molecule has 5 nitrogen and oxygen atoms in total. The summed E-state index contributed by atoms with van der Waals surface area (Å²) in [5, 5.41) is 6.00. The van der Waals surface area contributed by atoms with Crippen molar-refractivity contribution in [2.45, 2.75) is 26.2 Å². The lowest BCUT2D eigenvalue weighted by atomic mass is 9.89. The molecular formula is C10H19N3O2. The number of carbonyl (C=O) groups is 2. The molecule has 1 fully saturated rings. The molecule has 0 spiro atoms. The Hall–Kier alpha value is -1.10. The summed E-state index contributed by atoms with van der Waals surface area (Å²) in [7, 11) is 0. The fraction of sp³-hybridized carbons (Fsp3) is 0.800. The fourth-order valence-corrected chi connectivity index (χ4v) is 1.69. The van der Waals surface area contributed by atoms with Crippen molar-refractivity contribution in [1.82, 2.24) is 10.6 Å². The number of amides is 2. The maximum Gasteiger partial charge on any atom is 0.227 e. The zero-order chi connectivity index (χ0) is 11.3. The van der Waals surface area contributed by atoms with Gasteiger partial charge in [0.2, 0.25) is 11.8 Å². The van der Waals surface area contributed by atoms with E-state index in [9.17, 15) is 9.59 Å². The van der Waals surface area contributed by atoms with Crippen LogP contribution in [0.15, 0.2) is 0 Å². The Bertz CT molecular complexity index is 247. The van der Waals surface area contributed by atoms with Crippen LogP contribution in [0, 0.1) is 5.41 Å². The lowest BCUT2D eigenvalue weighted by Gasteiger charge is -2.21. The molecule has 2 amide bonds. The Morgan fingerprint density at radius 3 is 2.80 bits per heavy atom. The summed E-state index contributed by atoms with van der Waals surface area (Å²) >= 11 is 0. The van der Waals surface area contributed by atoms with E-state index in [1.54, 1.807) is 0 Å². The van der Waals surface area contributed by atoms with Crippen LogP contribution >= 0.6 is 0 Å². The van der Waals surface area contributed by atoms with E-state index >= 15 is 0 Å². The molecule has 86 valence electrons. The van der Waals surface area contributed by atoms with Gasteiger partial charge in [-0.3, -0.25) is 9.59 Å². The first-order valence-corrected chi connectivity index (χ1v) is 5.32. The molecule has 0 bridgehead atoms. The molecule has 1 aliphatic heterocycles. The van der Waals surface area contributed by atoms with Crippen LogP contribution in [0.2, 0.25) is 0 Å². The standard InChI is InChI=1S/C10H19N3O2/c1-10(4-6-12-7-10)9(15)13-5-2-3-8(11)14/h12H,2-7H2,1H3,(H2,11,14)(H,13,15). The van der Waals surface area contributed by atoms with Gasteiger partial charge in [-0.15, -0.1) is 0 Å². The van der Waals surface area contributed by atoms with Gasteiger partial charge in [0.1, 0.15) is 0 Å². The van der Waals surface area contributed by atoms with Crippen molar-refractivity contribution in [2.24, 2.45) is 11.1 Å². The van der Waals surface area contributed by atoms with Crippen molar-refractivity contribution in [3.63, 3.8) is 0 Å². The van der Waals surface area contributed by atoms with Crippen LogP contribution in [0.5, 0.6) is 0 Å². The van der Waals surface area contributed by atoms with E-state index in [-0.39, 0.29) is 17.2 Å². The molecule has 15 heavy (non-hydrogen) atoms. The maximum atomic E-state index is 11.7. The van der Waals surface area contributed by atoms with Gasteiger partial charge in [-0.2, -0.15) is 0 Å². The number of hydrogen-bond acceptors (Lipinski definition) is 3. The first-order chi connectivity index (χ1) is 7.04. The minimum absolute atomic E-state index is 0.0666. The molecule has 0 aromatic rings. The van der Waals surface area contributed by atoms with Crippen molar-refractivity contribution in [1.29, 1.82) is 0 Å². The molecule has 0 radical (unpaired) electrons. The highest BCUT2D eigenvalue weighted by atomic mass is 16.2. The molecule has 1 atom stereocenters. The zero-order valence-electron chi connectivity index (χ0n) is 9.14. The molecule has 4 N–H and O–H groups in total. The van der Waals surface area contributed by atoms with Crippen molar-refractivity contribution >= 4 is 11.8 Å². The quantitative estimate of drug-likeness (QED) is 0.531. The fourth-order valence-electron chi connectivity index (χ4n) is 1.69. The highest BCUT2D eigenvalue weighted by Gasteiger charge is 2.35. The molecule has 0 aromatic heterocycles. The van der Waals surface area contributed by atoms with Crippen LogP contribution in [0.4, 0.5) is 0 Å². The second-order valence-electron chi connectivity index (χ2n) is 4.31. The summed E-state index contributed by atoms with van der Waals surface area (Å²) in [6.45, 7) is 4.10. The Labute approximate surface area is 89.8 Å².